The molecule has 0 saturated carbocycles. The fourth-order valence-electron chi connectivity index (χ4n) is 1.68. The molecule has 0 radical (unpaired) electrons. The highest BCUT2D eigenvalue weighted by Gasteiger charge is 2.24. The normalized spacial score (nSPS) is 12.5. The molecule has 0 aromatic carbocycles. The predicted molar refractivity (Wildman–Crippen MR) is 88.6 cm³/mol. The Balaban J connectivity index is 0.00000400. The zero-order valence-electron chi connectivity index (χ0n) is 12.8. The fraction of sp³-hybridized carbons (Fsp3) is 0.571. The molecular weight excluding hydrogens is 310 g/mol. The van der Waals surface area contributed by atoms with Crippen LogP contribution in [0.2, 0.25) is 0 Å². The molecule has 1 rings (SSSR count). The van der Waals surface area contributed by atoms with E-state index in [0.717, 1.165) is 4.88 Å². The Labute approximate surface area is 136 Å². The van der Waals surface area contributed by atoms with Crippen LogP contribution >= 0.6 is 23.7 Å². The second-order valence-corrected chi connectivity index (χ2v) is 6.59. The summed E-state index contributed by atoms with van der Waals surface area (Å²) in [5.41, 5.74) is 5.26. The number of nitrogens with two attached hydrogens (primary N) is 1. The number of hydrogen-bond donors (Lipinski definition) is 3. The van der Waals surface area contributed by atoms with E-state index in [0.29, 0.717) is 0 Å². The maximum Gasteiger partial charge on any atom is 0.240 e. The number of halogens is 1. The predicted octanol–water partition coefficient (Wildman–Crippen LogP) is 1.62. The van der Waals surface area contributed by atoms with Gasteiger partial charge in [-0.15, -0.1) is 23.7 Å². The van der Waals surface area contributed by atoms with Crippen molar-refractivity contribution in [1.29, 1.82) is 0 Å². The number of rotatable bonds is 6. The lowest BCUT2D eigenvalue weighted by molar-refractivity contribution is -0.128. The van der Waals surface area contributed by atoms with Gasteiger partial charge in [0.25, 0.3) is 0 Å². The van der Waals surface area contributed by atoms with E-state index < -0.39 is 11.6 Å². The number of amides is 2. The van der Waals surface area contributed by atoms with Crippen molar-refractivity contribution in [3.63, 3.8) is 0 Å². The van der Waals surface area contributed by atoms with Crippen LogP contribution in [0.15, 0.2) is 17.5 Å². The summed E-state index contributed by atoms with van der Waals surface area (Å²) in [7, 11) is 0. The van der Waals surface area contributed by atoms with Gasteiger partial charge in [-0.3, -0.25) is 9.59 Å². The maximum atomic E-state index is 11.9. The van der Waals surface area contributed by atoms with E-state index in [4.69, 9.17) is 5.73 Å². The fourth-order valence-corrected chi connectivity index (χ4v) is 2.48. The lowest BCUT2D eigenvalue weighted by Crippen LogP contribution is -2.49. The minimum Gasteiger partial charge on any atom is -0.346 e. The first-order valence-corrected chi connectivity index (χ1v) is 7.50. The van der Waals surface area contributed by atoms with Crippen molar-refractivity contribution in [3.8, 4) is 0 Å². The second kappa shape index (κ2) is 8.36. The lowest BCUT2D eigenvalue weighted by Gasteiger charge is -2.25. The summed E-state index contributed by atoms with van der Waals surface area (Å²) in [6, 6.07) is 3.32. The average molecular weight is 334 g/mol. The molecule has 0 unspecified atom stereocenters. The average Bonchev–Trinajstić information content (AvgIpc) is 2.88. The molecule has 4 N–H and O–H groups in total. The van der Waals surface area contributed by atoms with Crippen LogP contribution in [0, 0.1) is 5.92 Å². The summed E-state index contributed by atoms with van der Waals surface area (Å²) >= 11 is 1.58. The first kappa shape index (κ1) is 19.9. The summed E-state index contributed by atoms with van der Waals surface area (Å²) in [5.74, 6) is -0.489. The third-order valence-electron chi connectivity index (χ3n) is 3.03. The molecule has 1 aromatic rings. The first-order valence-electron chi connectivity index (χ1n) is 6.62. The third kappa shape index (κ3) is 6.03. The molecule has 0 fully saturated rings. The van der Waals surface area contributed by atoms with Crippen LogP contribution < -0.4 is 16.4 Å². The van der Waals surface area contributed by atoms with Gasteiger partial charge in [-0.2, -0.15) is 0 Å². The van der Waals surface area contributed by atoms with E-state index in [1.807, 2.05) is 45.2 Å². The Bertz CT molecular complexity index is 461. The Morgan fingerprint density at radius 1 is 1.38 bits per heavy atom. The van der Waals surface area contributed by atoms with E-state index in [9.17, 15) is 9.59 Å². The molecule has 0 spiro atoms. The van der Waals surface area contributed by atoms with Gasteiger partial charge in [0, 0.05) is 4.88 Å². The highest BCUT2D eigenvalue weighted by Crippen LogP contribution is 2.24. The van der Waals surface area contributed by atoms with Crippen LogP contribution in [0.3, 0.4) is 0 Å². The van der Waals surface area contributed by atoms with Gasteiger partial charge in [-0.05, 0) is 31.2 Å². The van der Waals surface area contributed by atoms with Gasteiger partial charge in [0.05, 0.1) is 18.1 Å². The van der Waals surface area contributed by atoms with Gasteiger partial charge in [0.15, 0.2) is 0 Å². The van der Waals surface area contributed by atoms with Gasteiger partial charge < -0.3 is 16.4 Å². The monoisotopic (exact) mass is 333 g/mol. The minimum absolute atomic E-state index is 0. The number of nitrogens with one attached hydrogen (secondary N) is 2. The van der Waals surface area contributed by atoms with E-state index in [1.165, 1.54) is 0 Å². The summed E-state index contributed by atoms with van der Waals surface area (Å²) in [6.45, 7) is 7.53. The number of hydrogen-bond acceptors (Lipinski definition) is 4. The molecule has 7 heteroatoms. The van der Waals surface area contributed by atoms with Crippen LogP contribution in [0.5, 0.6) is 0 Å². The maximum absolute atomic E-state index is 11.9. The molecule has 0 bridgehead atoms. The Hall–Kier alpha value is -1.11. The Morgan fingerprint density at radius 3 is 2.48 bits per heavy atom. The summed E-state index contributed by atoms with van der Waals surface area (Å²) in [6.07, 6.45) is 0. The number of carbonyl (C=O) groups excluding carboxylic acids is 2. The molecule has 21 heavy (non-hydrogen) atoms. The third-order valence-corrected chi connectivity index (χ3v) is 4.23. The largest absolute Gasteiger partial charge is 0.346 e. The van der Waals surface area contributed by atoms with Crippen molar-refractivity contribution >= 4 is 35.6 Å². The van der Waals surface area contributed by atoms with Crippen molar-refractivity contribution in [2.45, 2.75) is 39.3 Å². The number of thiophene rings is 1. The second-order valence-electron chi connectivity index (χ2n) is 5.64. The summed E-state index contributed by atoms with van der Waals surface area (Å²) in [4.78, 5) is 24.6. The molecule has 5 nitrogen and oxygen atoms in total. The molecule has 1 heterocycles. The van der Waals surface area contributed by atoms with Crippen molar-refractivity contribution in [3.05, 3.63) is 22.4 Å². The Kier molecular flexibility index (Phi) is 7.92. The molecule has 0 saturated heterocycles. The SMILES string of the molecule is CC(C)[C@H](N)C(=O)NCC(=O)NC(C)(C)c1cccs1.Cl. The molecule has 1 atom stereocenters. The van der Waals surface area contributed by atoms with Crippen LogP contribution in [0.4, 0.5) is 0 Å². The molecular formula is C14H24ClN3O2S. The quantitative estimate of drug-likeness (QED) is 0.739. The van der Waals surface area contributed by atoms with Gasteiger partial charge in [0.2, 0.25) is 11.8 Å². The van der Waals surface area contributed by atoms with Crippen molar-refractivity contribution in [2.75, 3.05) is 6.54 Å². The zero-order valence-corrected chi connectivity index (χ0v) is 14.4. The van der Waals surface area contributed by atoms with Gasteiger partial charge in [0.1, 0.15) is 0 Å². The van der Waals surface area contributed by atoms with Crippen LogP contribution in [0.1, 0.15) is 32.6 Å². The lowest BCUT2D eigenvalue weighted by atomic mass is 10.0. The molecule has 2 amide bonds. The minimum atomic E-state index is -0.590. The summed E-state index contributed by atoms with van der Waals surface area (Å²) < 4.78 is 0. The van der Waals surface area contributed by atoms with Crippen molar-refractivity contribution in [2.24, 2.45) is 11.7 Å². The van der Waals surface area contributed by atoms with Crippen LogP contribution in [0.25, 0.3) is 0 Å². The highest BCUT2D eigenvalue weighted by atomic mass is 35.5. The van der Waals surface area contributed by atoms with E-state index in [1.54, 1.807) is 11.3 Å². The van der Waals surface area contributed by atoms with Crippen LogP contribution in [-0.2, 0) is 15.1 Å². The number of carbonyl (C=O) groups is 2. The smallest absolute Gasteiger partial charge is 0.240 e. The van der Waals surface area contributed by atoms with E-state index in [-0.39, 0.29) is 36.7 Å². The molecule has 1 aromatic heterocycles. The van der Waals surface area contributed by atoms with Gasteiger partial charge >= 0.3 is 0 Å². The highest BCUT2D eigenvalue weighted by molar-refractivity contribution is 7.10. The van der Waals surface area contributed by atoms with Gasteiger partial charge in [-0.1, -0.05) is 19.9 Å². The van der Waals surface area contributed by atoms with Gasteiger partial charge in [-0.25, -0.2) is 0 Å². The molecule has 0 aliphatic carbocycles. The molecule has 0 aliphatic rings. The van der Waals surface area contributed by atoms with Crippen molar-refractivity contribution < 1.29 is 9.59 Å². The standard InChI is InChI=1S/C14H23N3O2S.ClH/c1-9(2)12(15)13(19)16-8-11(18)17-14(3,4)10-6-5-7-20-10;/h5-7,9,12H,8,15H2,1-4H3,(H,16,19)(H,17,18);1H/t12-;/m0./s1. The molecule has 0 aliphatic heterocycles. The summed E-state index contributed by atoms with van der Waals surface area (Å²) in [5, 5.41) is 7.42. The van der Waals surface area contributed by atoms with Crippen molar-refractivity contribution in [1.82, 2.24) is 10.6 Å². The first-order chi connectivity index (χ1) is 9.24. The zero-order chi connectivity index (χ0) is 15.3. The van der Waals surface area contributed by atoms with E-state index >= 15 is 0 Å². The topological polar surface area (TPSA) is 84.2 Å². The van der Waals surface area contributed by atoms with Crippen LogP contribution in [-0.4, -0.2) is 24.4 Å². The molecule has 120 valence electrons. The Morgan fingerprint density at radius 2 is 2.00 bits per heavy atom. The van der Waals surface area contributed by atoms with E-state index in [2.05, 4.69) is 10.6 Å².